The van der Waals surface area contributed by atoms with E-state index in [2.05, 4.69) is 25.8 Å². The zero-order chi connectivity index (χ0) is 15.2. The molecule has 0 spiro atoms. The first-order valence-corrected chi connectivity index (χ1v) is 7.31. The van der Waals surface area contributed by atoms with E-state index in [1.807, 2.05) is 6.92 Å². The Morgan fingerprint density at radius 3 is 2.86 bits per heavy atom. The zero-order valence-electron chi connectivity index (χ0n) is 11.6. The summed E-state index contributed by atoms with van der Waals surface area (Å²) in [5.74, 6) is 0.626. The van der Waals surface area contributed by atoms with E-state index in [9.17, 15) is 9.59 Å². The smallest absolute Gasteiger partial charge is 0.258 e. The first kappa shape index (κ1) is 15.0. The van der Waals surface area contributed by atoms with Gasteiger partial charge in [0.15, 0.2) is 0 Å². The number of aromatic nitrogens is 3. The summed E-state index contributed by atoms with van der Waals surface area (Å²) in [4.78, 5) is 27.2. The number of carbonyl (C=O) groups excluding carboxylic acids is 2. The zero-order valence-corrected chi connectivity index (χ0v) is 12.5. The third kappa shape index (κ3) is 4.32. The number of anilines is 2. The third-order valence-corrected chi connectivity index (χ3v) is 3.14. The van der Waals surface area contributed by atoms with E-state index in [1.165, 1.54) is 18.7 Å². The van der Waals surface area contributed by atoms with Crippen molar-refractivity contribution in [3.05, 3.63) is 29.8 Å². The number of benzene rings is 1. The van der Waals surface area contributed by atoms with E-state index in [-0.39, 0.29) is 11.8 Å². The number of amides is 2. The van der Waals surface area contributed by atoms with Crippen molar-refractivity contribution in [1.29, 1.82) is 0 Å². The summed E-state index contributed by atoms with van der Waals surface area (Å²) in [5, 5.41) is 12.5. The Labute approximate surface area is 125 Å². The molecule has 1 aromatic carbocycles. The number of hydrogen-bond acceptors (Lipinski definition) is 5. The van der Waals surface area contributed by atoms with Crippen molar-refractivity contribution in [2.75, 3.05) is 16.4 Å². The standard InChI is InChI=1S/C13H15N5O2S/c1-3-21-13-16-12(17-18-13)15-11(20)9-5-4-6-10(7-9)14-8(2)19/h4-7H,3H2,1-2H3,(H,14,19)(H2,15,16,17,18,20). The van der Waals surface area contributed by atoms with E-state index >= 15 is 0 Å². The van der Waals surface area contributed by atoms with Crippen molar-refractivity contribution in [3.8, 4) is 0 Å². The van der Waals surface area contributed by atoms with Crippen molar-refractivity contribution in [2.45, 2.75) is 19.0 Å². The summed E-state index contributed by atoms with van der Waals surface area (Å²) in [6, 6.07) is 6.65. The minimum Gasteiger partial charge on any atom is -0.326 e. The van der Waals surface area contributed by atoms with Gasteiger partial charge in [-0.15, -0.1) is 5.10 Å². The van der Waals surface area contributed by atoms with Gasteiger partial charge >= 0.3 is 0 Å². The molecule has 3 N–H and O–H groups in total. The van der Waals surface area contributed by atoms with Crippen molar-refractivity contribution in [2.24, 2.45) is 0 Å². The molecule has 0 atom stereocenters. The number of nitrogens with zero attached hydrogens (tertiary/aromatic N) is 2. The average Bonchev–Trinajstić information content (AvgIpc) is 2.86. The topological polar surface area (TPSA) is 99.8 Å². The van der Waals surface area contributed by atoms with Gasteiger partial charge in [0, 0.05) is 18.2 Å². The number of H-pyrrole nitrogens is 1. The molecule has 2 rings (SSSR count). The normalized spacial score (nSPS) is 10.2. The maximum absolute atomic E-state index is 12.1. The van der Waals surface area contributed by atoms with Gasteiger partial charge in [0.25, 0.3) is 5.91 Å². The van der Waals surface area contributed by atoms with Crippen LogP contribution < -0.4 is 10.6 Å². The lowest BCUT2D eigenvalue weighted by Crippen LogP contribution is -2.14. The Morgan fingerprint density at radius 2 is 2.14 bits per heavy atom. The molecule has 0 aliphatic heterocycles. The lowest BCUT2D eigenvalue weighted by Gasteiger charge is -2.05. The fourth-order valence-corrected chi connectivity index (χ4v) is 2.14. The fraction of sp³-hybridized carbons (Fsp3) is 0.231. The summed E-state index contributed by atoms with van der Waals surface area (Å²) in [6.45, 7) is 3.40. The molecule has 0 aliphatic carbocycles. The maximum atomic E-state index is 12.1. The van der Waals surface area contributed by atoms with E-state index in [1.54, 1.807) is 24.3 Å². The maximum Gasteiger partial charge on any atom is 0.258 e. The summed E-state index contributed by atoms with van der Waals surface area (Å²) in [6.07, 6.45) is 0. The van der Waals surface area contributed by atoms with Crippen LogP contribution in [-0.2, 0) is 4.79 Å². The summed E-state index contributed by atoms with van der Waals surface area (Å²) < 4.78 is 0. The molecule has 110 valence electrons. The van der Waals surface area contributed by atoms with E-state index < -0.39 is 0 Å². The molecule has 21 heavy (non-hydrogen) atoms. The van der Waals surface area contributed by atoms with Gasteiger partial charge in [-0.3, -0.25) is 14.9 Å². The number of carbonyl (C=O) groups is 2. The number of rotatable bonds is 5. The predicted molar refractivity (Wildman–Crippen MR) is 81.5 cm³/mol. The van der Waals surface area contributed by atoms with Crippen molar-refractivity contribution in [3.63, 3.8) is 0 Å². The Bertz CT molecular complexity index is 656. The molecule has 1 heterocycles. The lowest BCUT2D eigenvalue weighted by atomic mass is 10.2. The number of thioether (sulfide) groups is 1. The van der Waals surface area contributed by atoms with Crippen molar-refractivity contribution >= 4 is 35.2 Å². The molecule has 1 aromatic heterocycles. The molecule has 8 heteroatoms. The highest BCUT2D eigenvalue weighted by Crippen LogP contribution is 2.15. The first-order valence-electron chi connectivity index (χ1n) is 6.32. The molecule has 0 unspecified atom stereocenters. The quantitative estimate of drug-likeness (QED) is 0.735. The Morgan fingerprint density at radius 1 is 1.33 bits per heavy atom. The Kier molecular flexibility index (Phi) is 4.94. The van der Waals surface area contributed by atoms with Crippen LogP contribution in [0.3, 0.4) is 0 Å². The SMILES string of the molecule is CCSc1n[nH]c(NC(=O)c2cccc(NC(C)=O)c2)n1. The molecule has 0 fully saturated rings. The van der Waals surface area contributed by atoms with Crippen LogP contribution in [-0.4, -0.2) is 32.7 Å². The van der Waals surface area contributed by atoms with Crippen LogP contribution in [0.15, 0.2) is 29.4 Å². The molecule has 0 saturated heterocycles. The van der Waals surface area contributed by atoms with Crippen LogP contribution in [0.25, 0.3) is 0 Å². The molecule has 2 amide bonds. The van der Waals surface area contributed by atoms with Gasteiger partial charge in [0.05, 0.1) is 0 Å². The highest BCUT2D eigenvalue weighted by molar-refractivity contribution is 7.99. The Hall–Kier alpha value is -2.35. The molecule has 7 nitrogen and oxygen atoms in total. The third-order valence-electron chi connectivity index (χ3n) is 2.42. The molecule has 0 bridgehead atoms. The Balaban J connectivity index is 2.06. The highest BCUT2D eigenvalue weighted by atomic mass is 32.2. The van der Waals surface area contributed by atoms with Crippen LogP contribution in [0, 0.1) is 0 Å². The molecule has 2 aromatic rings. The number of nitrogens with one attached hydrogen (secondary N) is 3. The van der Waals surface area contributed by atoms with Crippen LogP contribution in [0.1, 0.15) is 24.2 Å². The molecule has 0 radical (unpaired) electrons. The molecule has 0 saturated carbocycles. The average molecular weight is 305 g/mol. The molecule has 0 aliphatic rings. The van der Waals surface area contributed by atoms with Crippen molar-refractivity contribution < 1.29 is 9.59 Å². The van der Waals surface area contributed by atoms with Gasteiger partial charge in [0.2, 0.25) is 17.0 Å². The minimum absolute atomic E-state index is 0.191. The second-order valence-corrected chi connectivity index (χ2v) is 5.35. The fourth-order valence-electron chi connectivity index (χ4n) is 1.62. The number of hydrogen-bond donors (Lipinski definition) is 3. The van der Waals surface area contributed by atoms with E-state index in [0.29, 0.717) is 22.4 Å². The second kappa shape index (κ2) is 6.89. The van der Waals surface area contributed by atoms with E-state index in [0.717, 1.165) is 5.75 Å². The number of aromatic amines is 1. The van der Waals surface area contributed by atoms with Gasteiger partial charge in [-0.05, 0) is 24.0 Å². The van der Waals surface area contributed by atoms with Gasteiger partial charge in [-0.2, -0.15) is 4.98 Å². The second-order valence-electron chi connectivity index (χ2n) is 4.12. The van der Waals surface area contributed by atoms with Crippen LogP contribution in [0.2, 0.25) is 0 Å². The summed E-state index contributed by atoms with van der Waals surface area (Å²) >= 11 is 1.48. The van der Waals surface area contributed by atoms with Gasteiger partial charge in [0.1, 0.15) is 0 Å². The van der Waals surface area contributed by atoms with Gasteiger partial charge in [-0.25, -0.2) is 5.10 Å². The van der Waals surface area contributed by atoms with Crippen LogP contribution in [0.5, 0.6) is 0 Å². The van der Waals surface area contributed by atoms with Crippen LogP contribution >= 0.6 is 11.8 Å². The molecular weight excluding hydrogens is 290 g/mol. The first-order chi connectivity index (χ1) is 10.1. The molecular formula is C13H15N5O2S. The van der Waals surface area contributed by atoms with E-state index in [4.69, 9.17) is 0 Å². The largest absolute Gasteiger partial charge is 0.326 e. The minimum atomic E-state index is -0.327. The summed E-state index contributed by atoms with van der Waals surface area (Å²) in [7, 11) is 0. The van der Waals surface area contributed by atoms with Gasteiger partial charge < -0.3 is 5.32 Å². The van der Waals surface area contributed by atoms with Gasteiger partial charge in [-0.1, -0.05) is 24.8 Å². The van der Waals surface area contributed by atoms with Crippen LogP contribution in [0.4, 0.5) is 11.6 Å². The monoisotopic (exact) mass is 305 g/mol. The lowest BCUT2D eigenvalue weighted by molar-refractivity contribution is -0.114. The predicted octanol–water partition coefficient (Wildman–Crippen LogP) is 2.13. The highest BCUT2D eigenvalue weighted by Gasteiger charge is 2.10. The summed E-state index contributed by atoms with van der Waals surface area (Å²) in [5.41, 5.74) is 0.984. The van der Waals surface area contributed by atoms with Crippen molar-refractivity contribution in [1.82, 2.24) is 15.2 Å².